The summed E-state index contributed by atoms with van der Waals surface area (Å²) in [5.74, 6) is -0.500. The SMILES string of the molecule is COC(=O)C(C)Nc1ncc(Br)cc1[N+](=O)[O-]. The summed E-state index contributed by atoms with van der Waals surface area (Å²) < 4.78 is 4.99. The zero-order chi connectivity index (χ0) is 13.0. The highest BCUT2D eigenvalue weighted by Gasteiger charge is 2.20. The molecule has 8 heteroatoms. The van der Waals surface area contributed by atoms with Crippen molar-refractivity contribution in [2.75, 3.05) is 12.4 Å². The molecule has 17 heavy (non-hydrogen) atoms. The van der Waals surface area contributed by atoms with Crippen molar-refractivity contribution >= 4 is 33.4 Å². The van der Waals surface area contributed by atoms with Gasteiger partial charge in [0.1, 0.15) is 6.04 Å². The van der Waals surface area contributed by atoms with Crippen LogP contribution in [0.1, 0.15) is 6.92 Å². The summed E-state index contributed by atoms with van der Waals surface area (Å²) >= 11 is 3.09. The van der Waals surface area contributed by atoms with Crippen LogP contribution in [0.2, 0.25) is 0 Å². The van der Waals surface area contributed by atoms with Crippen molar-refractivity contribution in [1.82, 2.24) is 4.98 Å². The second-order valence-corrected chi connectivity index (χ2v) is 4.08. The second-order valence-electron chi connectivity index (χ2n) is 3.17. The number of methoxy groups -OCH3 is 1. The van der Waals surface area contributed by atoms with Crippen molar-refractivity contribution in [3.05, 3.63) is 26.9 Å². The van der Waals surface area contributed by atoms with E-state index < -0.39 is 16.9 Å². The standard InChI is InChI=1S/C9H10BrN3O4/c1-5(9(14)17-2)12-8-7(13(15)16)3-6(10)4-11-8/h3-5H,1-2H3,(H,11,12). The Morgan fingerprint density at radius 2 is 2.35 bits per heavy atom. The molecule has 1 unspecified atom stereocenters. The highest BCUT2D eigenvalue weighted by Crippen LogP contribution is 2.25. The lowest BCUT2D eigenvalue weighted by molar-refractivity contribution is -0.384. The number of rotatable bonds is 4. The first kappa shape index (κ1) is 13.4. The highest BCUT2D eigenvalue weighted by molar-refractivity contribution is 9.10. The van der Waals surface area contributed by atoms with E-state index in [0.29, 0.717) is 4.47 Å². The van der Waals surface area contributed by atoms with Crippen LogP contribution in [0.15, 0.2) is 16.7 Å². The minimum Gasteiger partial charge on any atom is -0.467 e. The van der Waals surface area contributed by atoms with E-state index in [1.165, 1.54) is 26.3 Å². The van der Waals surface area contributed by atoms with Crippen LogP contribution in [-0.4, -0.2) is 29.0 Å². The van der Waals surface area contributed by atoms with Crippen molar-refractivity contribution in [1.29, 1.82) is 0 Å². The smallest absolute Gasteiger partial charge is 0.328 e. The van der Waals surface area contributed by atoms with Gasteiger partial charge in [-0.25, -0.2) is 9.78 Å². The predicted octanol–water partition coefficient (Wildman–Crippen LogP) is 1.73. The number of pyridine rings is 1. The van der Waals surface area contributed by atoms with E-state index in [2.05, 4.69) is 31.0 Å². The van der Waals surface area contributed by atoms with Crippen LogP contribution in [0.4, 0.5) is 11.5 Å². The normalized spacial score (nSPS) is 11.7. The molecule has 7 nitrogen and oxygen atoms in total. The lowest BCUT2D eigenvalue weighted by atomic mass is 10.3. The van der Waals surface area contributed by atoms with Crippen molar-refractivity contribution in [2.45, 2.75) is 13.0 Å². The van der Waals surface area contributed by atoms with Crippen molar-refractivity contribution in [2.24, 2.45) is 0 Å². The van der Waals surface area contributed by atoms with E-state index in [1.807, 2.05) is 0 Å². The number of hydrogen-bond acceptors (Lipinski definition) is 6. The molecule has 1 atom stereocenters. The number of aromatic nitrogens is 1. The fourth-order valence-corrected chi connectivity index (χ4v) is 1.44. The second kappa shape index (κ2) is 5.58. The predicted molar refractivity (Wildman–Crippen MR) is 63.7 cm³/mol. The monoisotopic (exact) mass is 303 g/mol. The number of esters is 1. The Balaban J connectivity index is 2.98. The van der Waals surface area contributed by atoms with Crippen molar-refractivity contribution in [3.63, 3.8) is 0 Å². The molecule has 0 aliphatic carbocycles. The molecule has 92 valence electrons. The highest BCUT2D eigenvalue weighted by atomic mass is 79.9. The van der Waals surface area contributed by atoms with Crippen LogP contribution in [-0.2, 0) is 9.53 Å². The summed E-state index contributed by atoms with van der Waals surface area (Å²) in [6, 6.07) is 0.590. The van der Waals surface area contributed by atoms with Crippen LogP contribution in [0, 0.1) is 10.1 Å². The Hall–Kier alpha value is -1.70. The van der Waals surface area contributed by atoms with Gasteiger partial charge in [-0.1, -0.05) is 0 Å². The van der Waals surface area contributed by atoms with Gasteiger partial charge >= 0.3 is 11.7 Å². The number of anilines is 1. The number of carbonyl (C=O) groups excluding carboxylic acids is 1. The first-order valence-corrected chi connectivity index (χ1v) is 5.39. The summed E-state index contributed by atoms with van der Waals surface area (Å²) in [6.45, 7) is 1.53. The van der Waals surface area contributed by atoms with E-state index in [0.717, 1.165) is 0 Å². The molecule has 0 saturated heterocycles. The summed E-state index contributed by atoms with van der Waals surface area (Å²) in [7, 11) is 1.24. The molecular weight excluding hydrogens is 294 g/mol. The first-order valence-electron chi connectivity index (χ1n) is 4.60. The minimum absolute atomic E-state index is 0.0242. The molecule has 1 N–H and O–H groups in total. The molecule has 0 aromatic carbocycles. The molecule has 0 aliphatic rings. The molecule has 1 heterocycles. The third-order valence-electron chi connectivity index (χ3n) is 1.94. The molecule has 0 bridgehead atoms. The van der Waals surface area contributed by atoms with Gasteiger partial charge in [0.25, 0.3) is 0 Å². The van der Waals surface area contributed by atoms with E-state index >= 15 is 0 Å². The fraction of sp³-hybridized carbons (Fsp3) is 0.333. The third kappa shape index (κ3) is 3.38. The molecule has 1 aromatic heterocycles. The zero-order valence-corrected chi connectivity index (χ0v) is 10.7. The van der Waals surface area contributed by atoms with Crippen LogP contribution in [0.3, 0.4) is 0 Å². The summed E-state index contributed by atoms with van der Waals surface area (Å²) in [5.41, 5.74) is -0.213. The van der Waals surface area contributed by atoms with Crippen LogP contribution >= 0.6 is 15.9 Å². The van der Waals surface area contributed by atoms with E-state index in [9.17, 15) is 14.9 Å². The molecule has 0 aliphatic heterocycles. The third-order valence-corrected chi connectivity index (χ3v) is 2.37. The number of ether oxygens (including phenoxy) is 1. The fourth-order valence-electron chi connectivity index (χ4n) is 1.12. The van der Waals surface area contributed by atoms with Gasteiger partial charge < -0.3 is 10.1 Å². The zero-order valence-electron chi connectivity index (χ0n) is 9.14. The van der Waals surface area contributed by atoms with Gasteiger partial charge in [0.15, 0.2) is 0 Å². The summed E-state index contributed by atoms with van der Waals surface area (Å²) in [6.07, 6.45) is 1.40. The minimum atomic E-state index is -0.715. The molecule has 0 amide bonds. The number of hydrogen-bond donors (Lipinski definition) is 1. The van der Waals surface area contributed by atoms with Gasteiger partial charge in [-0.3, -0.25) is 10.1 Å². The molecule has 0 radical (unpaired) electrons. The maximum Gasteiger partial charge on any atom is 0.328 e. The van der Waals surface area contributed by atoms with Crippen LogP contribution < -0.4 is 5.32 Å². The lowest BCUT2D eigenvalue weighted by Crippen LogP contribution is -2.27. The number of nitrogens with one attached hydrogen (secondary N) is 1. The average molecular weight is 304 g/mol. The Labute approximate surface area is 105 Å². The topological polar surface area (TPSA) is 94.4 Å². The molecule has 0 saturated carbocycles. The lowest BCUT2D eigenvalue weighted by Gasteiger charge is -2.11. The van der Waals surface area contributed by atoms with Crippen molar-refractivity contribution < 1.29 is 14.5 Å². The Morgan fingerprint density at radius 1 is 1.71 bits per heavy atom. The molecule has 1 aromatic rings. The van der Waals surface area contributed by atoms with Gasteiger partial charge in [0.05, 0.1) is 12.0 Å². The number of halogens is 1. The number of carbonyl (C=O) groups is 1. The Morgan fingerprint density at radius 3 is 2.88 bits per heavy atom. The molecule has 0 spiro atoms. The van der Waals surface area contributed by atoms with Gasteiger partial charge in [-0.05, 0) is 22.9 Å². The van der Waals surface area contributed by atoms with Crippen LogP contribution in [0.5, 0.6) is 0 Å². The first-order chi connectivity index (χ1) is 7.95. The molecule has 0 fully saturated rings. The summed E-state index contributed by atoms with van der Waals surface area (Å²) in [4.78, 5) is 25.2. The van der Waals surface area contributed by atoms with Gasteiger partial charge in [0.2, 0.25) is 5.82 Å². The van der Waals surface area contributed by atoms with Crippen molar-refractivity contribution in [3.8, 4) is 0 Å². The molecular formula is C9H10BrN3O4. The molecule has 1 rings (SSSR count). The summed E-state index contributed by atoms with van der Waals surface area (Å²) in [5, 5.41) is 13.4. The number of nitrogens with zero attached hydrogens (tertiary/aromatic N) is 2. The van der Waals surface area contributed by atoms with Gasteiger partial charge in [-0.15, -0.1) is 0 Å². The average Bonchev–Trinajstić information content (AvgIpc) is 2.29. The Bertz CT molecular complexity index is 452. The van der Waals surface area contributed by atoms with E-state index in [4.69, 9.17) is 0 Å². The van der Waals surface area contributed by atoms with Gasteiger partial charge in [-0.2, -0.15) is 0 Å². The van der Waals surface area contributed by atoms with Gasteiger partial charge in [0, 0.05) is 16.7 Å². The maximum absolute atomic E-state index is 11.2. The van der Waals surface area contributed by atoms with E-state index in [-0.39, 0.29) is 11.5 Å². The van der Waals surface area contributed by atoms with Crippen LogP contribution in [0.25, 0.3) is 0 Å². The largest absolute Gasteiger partial charge is 0.467 e. The Kier molecular flexibility index (Phi) is 4.38. The maximum atomic E-state index is 11.2. The quantitative estimate of drug-likeness (QED) is 0.517. The number of nitro groups is 1. The van der Waals surface area contributed by atoms with E-state index in [1.54, 1.807) is 0 Å².